The molecule has 0 aromatic carbocycles. The minimum Gasteiger partial charge on any atom is -0.505 e. The highest BCUT2D eigenvalue weighted by atomic mass is 16.5. The number of rotatable bonds is 5. The van der Waals surface area contributed by atoms with Crippen LogP contribution in [0.2, 0.25) is 0 Å². The van der Waals surface area contributed by atoms with Gasteiger partial charge in [0, 0.05) is 13.2 Å². The molecule has 0 spiro atoms. The smallest absolute Gasteiger partial charge is 0.359 e. The van der Waals surface area contributed by atoms with Crippen LogP contribution in [0.5, 0.6) is 5.75 Å². The Bertz CT molecular complexity index is 1250. The van der Waals surface area contributed by atoms with Gasteiger partial charge < -0.3 is 28.6 Å². The Morgan fingerprint density at radius 3 is 2.13 bits per heavy atom. The molecule has 0 unspecified atom stereocenters. The lowest BCUT2D eigenvalue weighted by Gasteiger charge is -2.12. The molecule has 0 aliphatic heterocycles. The zero-order valence-electron chi connectivity index (χ0n) is 17.3. The predicted molar refractivity (Wildman–Crippen MR) is 103 cm³/mol. The van der Waals surface area contributed by atoms with Crippen molar-refractivity contribution < 1.29 is 43.2 Å². The van der Waals surface area contributed by atoms with E-state index < -0.39 is 46.7 Å². The van der Waals surface area contributed by atoms with Gasteiger partial charge in [-0.25, -0.2) is 24.2 Å². The number of esters is 4. The first-order valence-corrected chi connectivity index (χ1v) is 8.91. The molecule has 3 aromatic rings. The van der Waals surface area contributed by atoms with Crippen LogP contribution in [0, 0.1) is 0 Å². The number of carbonyl (C=O) groups is 4. The maximum absolute atomic E-state index is 12.8. The molecule has 0 aliphatic rings. The predicted octanol–water partition coefficient (Wildman–Crippen LogP) is 1.07. The summed E-state index contributed by atoms with van der Waals surface area (Å²) in [5, 5.41) is 11.0. The van der Waals surface area contributed by atoms with E-state index in [1.165, 1.54) is 10.8 Å². The maximum atomic E-state index is 12.8. The van der Waals surface area contributed by atoms with Crippen LogP contribution in [-0.2, 0) is 26.0 Å². The number of imidazole rings is 1. The van der Waals surface area contributed by atoms with Crippen molar-refractivity contribution >= 4 is 40.4 Å². The second-order valence-electron chi connectivity index (χ2n) is 6.24. The van der Waals surface area contributed by atoms with Gasteiger partial charge in [-0.1, -0.05) is 0 Å². The Balaban J connectivity index is 2.66. The second-order valence-corrected chi connectivity index (χ2v) is 6.24. The van der Waals surface area contributed by atoms with Crippen LogP contribution in [0.4, 0.5) is 0 Å². The van der Waals surface area contributed by atoms with Crippen molar-refractivity contribution in [2.75, 3.05) is 27.9 Å². The fourth-order valence-corrected chi connectivity index (χ4v) is 3.33. The lowest BCUT2D eigenvalue weighted by Crippen LogP contribution is -2.18. The fraction of sp³-hybridized carbons (Fsp3) is 0.316. The number of carbonyl (C=O) groups excluding carboxylic acids is 4. The van der Waals surface area contributed by atoms with Gasteiger partial charge in [-0.05, 0) is 6.92 Å². The van der Waals surface area contributed by atoms with Crippen LogP contribution < -0.4 is 0 Å². The first kappa shape index (κ1) is 21.6. The normalized spacial score (nSPS) is 10.9. The van der Waals surface area contributed by atoms with Crippen molar-refractivity contribution in [3.8, 4) is 5.75 Å². The summed E-state index contributed by atoms with van der Waals surface area (Å²) in [4.78, 5) is 54.1. The van der Waals surface area contributed by atoms with E-state index in [0.29, 0.717) is 0 Å². The molecule has 12 nitrogen and oxygen atoms in total. The van der Waals surface area contributed by atoms with Crippen molar-refractivity contribution in [1.29, 1.82) is 0 Å². The molecule has 0 amide bonds. The Hall–Kier alpha value is -4.09. The van der Waals surface area contributed by atoms with E-state index in [1.54, 1.807) is 14.0 Å². The van der Waals surface area contributed by atoms with E-state index in [9.17, 15) is 24.3 Å². The molecular weight excluding hydrogens is 414 g/mol. The van der Waals surface area contributed by atoms with Crippen molar-refractivity contribution in [2.24, 2.45) is 7.05 Å². The highest BCUT2D eigenvalue weighted by Crippen LogP contribution is 2.38. The topological polar surface area (TPSA) is 148 Å². The van der Waals surface area contributed by atoms with Crippen LogP contribution in [0.1, 0.15) is 48.7 Å². The fourth-order valence-electron chi connectivity index (χ4n) is 3.33. The molecule has 0 radical (unpaired) electrons. The van der Waals surface area contributed by atoms with Gasteiger partial charge in [0.1, 0.15) is 0 Å². The molecule has 0 bridgehead atoms. The SMILES string of the molecule is CCOC(=O)c1c(O)c2c(C(=O)OC)cn(C)c2c2nc(C(=O)OC)c(C(=O)OC)n12. The third-order valence-corrected chi connectivity index (χ3v) is 4.59. The molecule has 164 valence electrons. The lowest BCUT2D eigenvalue weighted by atomic mass is 10.1. The minimum absolute atomic E-state index is 0.0530. The van der Waals surface area contributed by atoms with Gasteiger partial charge in [0.05, 0.1) is 44.4 Å². The monoisotopic (exact) mass is 433 g/mol. The van der Waals surface area contributed by atoms with E-state index >= 15 is 0 Å². The molecule has 3 heterocycles. The molecule has 0 saturated carbocycles. The largest absolute Gasteiger partial charge is 0.505 e. The average molecular weight is 433 g/mol. The zero-order valence-corrected chi connectivity index (χ0v) is 17.3. The Labute approximate surface area is 174 Å². The standard InChI is InChI=1S/C19H19N3O9/c1-6-31-19(27)13-14(23)9-8(16(24)28-3)7-21(2)11(9)15-20-10(17(25)29-4)12(22(13)15)18(26)30-5/h7,23H,6H2,1-5H3. The van der Waals surface area contributed by atoms with Crippen molar-refractivity contribution in [2.45, 2.75) is 6.92 Å². The minimum atomic E-state index is -1.02. The first-order valence-electron chi connectivity index (χ1n) is 8.91. The molecule has 0 saturated heterocycles. The molecule has 3 aromatic heterocycles. The van der Waals surface area contributed by atoms with Crippen molar-refractivity contribution in [1.82, 2.24) is 14.0 Å². The first-order chi connectivity index (χ1) is 14.7. The van der Waals surface area contributed by atoms with Gasteiger partial charge >= 0.3 is 23.9 Å². The van der Waals surface area contributed by atoms with Gasteiger partial charge in [0.2, 0.25) is 0 Å². The number of fused-ring (bicyclic) bond motifs is 3. The third-order valence-electron chi connectivity index (χ3n) is 4.59. The Morgan fingerprint density at radius 2 is 1.58 bits per heavy atom. The average Bonchev–Trinajstić information content (AvgIpc) is 3.31. The van der Waals surface area contributed by atoms with Crippen LogP contribution in [0.3, 0.4) is 0 Å². The summed E-state index contributed by atoms with van der Waals surface area (Å²) in [5.74, 6) is -4.46. The van der Waals surface area contributed by atoms with E-state index in [2.05, 4.69) is 4.98 Å². The summed E-state index contributed by atoms with van der Waals surface area (Å²) in [7, 11) is 4.86. The molecule has 3 rings (SSSR count). The summed E-state index contributed by atoms with van der Waals surface area (Å²) in [6.45, 7) is 1.49. The molecular formula is C19H19N3O9. The molecule has 0 aliphatic carbocycles. The molecule has 12 heteroatoms. The van der Waals surface area contributed by atoms with Crippen LogP contribution in [0.15, 0.2) is 6.20 Å². The summed E-state index contributed by atoms with van der Waals surface area (Å²) in [6, 6.07) is 0. The highest BCUT2D eigenvalue weighted by Gasteiger charge is 2.35. The zero-order chi connectivity index (χ0) is 23.0. The highest BCUT2D eigenvalue weighted by molar-refractivity contribution is 6.15. The number of methoxy groups -OCH3 is 3. The van der Waals surface area contributed by atoms with Crippen LogP contribution in [-0.4, -0.2) is 70.9 Å². The number of aromatic nitrogens is 3. The van der Waals surface area contributed by atoms with Gasteiger partial charge in [-0.3, -0.25) is 4.40 Å². The number of aromatic hydroxyl groups is 1. The number of pyridine rings is 1. The molecule has 0 fully saturated rings. The third kappa shape index (κ3) is 3.12. The number of aryl methyl sites for hydroxylation is 1. The van der Waals surface area contributed by atoms with Crippen molar-refractivity contribution in [3.05, 3.63) is 28.8 Å². The Kier molecular flexibility index (Phi) is 5.56. The summed E-state index contributed by atoms with van der Waals surface area (Å²) in [5.41, 5.74) is -1.44. The Morgan fingerprint density at radius 1 is 0.968 bits per heavy atom. The molecule has 31 heavy (non-hydrogen) atoms. The molecule has 1 N–H and O–H groups in total. The van der Waals surface area contributed by atoms with Gasteiger partial charge in [-0.15, -0.1) is 0 Å². The van der Waals surface area contributed by atoms with Gasteiger partial charge in [0.25, 0.3) is 0 Å². The van der Waals surface area contributed by atoms with E-state index in [0.717, 1.165) is 25.7 Å². The number of hydrogen-bond donors (Lipinski definition) is 1. The van der Waals surface area contributed by atoms with E-state index in [1.807, 2.05) is 0 Å². The number of ether oxygens (including phenoxy) is 4. The maximum Gasteiger partial charge on any atom is 0.359 e. The summed E-state index contributed by atoms with van der Waals surface area (Å²) >= 11 is 0. The lowest BCUT2D eigenvalue weighted by molar-refractivity contribution is 0.0507. The van der Waals surface area contributed by atoms with E-state index in [4.69, 9.17) is 18.9 Å². The summed E-state index contributed by atoms with van der Waals surface area (Å²) < 4.78 is 21.6. The van der Waals surface area contributed by atoms with E-state index in [-0.39, 0.29) is 28.7 Å². The molecule has 0 atom stereocenters. The van der Waals surface area contributed by atoms with Crippen LogP contribution >= 0.6 is 0 Å². The number of hydrogen-bond acceptors (Lipinski definition) is 10. The van der Waals surface area contributed by atoms with Crippen molar-refractivity contribution in [3.63, 3.8) is 0 Å². The van der Waals surface area contributed by atoms with Gasteiger partial charge in [-0.2, -0.15) is 0 Å². The number of nitrogens with zero attached hydrogens (tertiary/aromatic N) is 3. The quantitative estimate of drug-likeness (QED) is 0.457. The second kappa shape index (κ2) is 7.97. The summed E-state index contributed by atoms with van der Waals surface area (Å²) in [6.07, 6.45) is 1.36. The van der Waals surface area contributed by atoms with Crippen LogP contribution in [0.25, 0.3) is 16.6 Å². The van der Waals surface area contributed by atoms with Gasteiger partial charge in [0.15, 0.2) is 28.5 Å².